The summed E-state index contributed by atoms with van der Waals surface area (Å²) < 4.78 is 7.42. The van der Waals surface area contributed by atoms with Gasteiger partial charge in [0, 0.05) is 0 Å². The Morgan fingerprint density at radius 3 is 2.71 bits per heavy atom. The zero-order valence-corrected chi connectivity index (χ0v) is 14.1. The van der Waals surface area contributed by atoms with Gasteiger partial charge in [0.2, 0.25) is 0 Å². The minimum absolute atomic E-state index is 0.0801. The number of hydrogen-bond donors (Lipinski definition) is 2. The number of nitrogens with one attached hydrogen (secondary N) is 1. The van der Waals surface area contributed by atoms with Gasteiger partial charge in [-0.3, -0.25) is 0 Å². The molecular formula is C16H14ClNO2Se. The summed E-state index contributed by atoms with van der Waals surface area (Å²) in [6.45, 7) is 2.06. The van der Waals surface area contributed by atoms with E-state index in [1.807, 2.05) is 24.3 Å². The van der Waals surface area contributed by atoms with E-state index in [-0.39, 0.29) is 20.7 Å². The molecule has 108 valence electrons. The molecule has 1 heterocycles. The van der Waals surface area contributed by atoms with Crippen molar-refractivity contribution >= 4 is 46.4 Å². The Labute approximate surface area is 134 Å². The van der Waals surface area contributed by atoms with Crippen LogP contribution in [0.5, 0.6) is 11.5 Å². The van der Waals surface area contributed by atoms with Crippen molar-refractivity contribution in [1.29, 1.82) is 0 Å². The average Bonchev–Trinajstić information content (AvgIpc) is 2.75. The third-order valence-corrected chi connectivity index (χ3v) is 6.05. The Hall–Kier alpha value is -1.61. The van der Waals surface area contributed by atoms with Gasteiger partial charge in [0.25, 0.3) is 0 Å². The number of phenols is 1. The number of rotatable bonds is 3. The van der Waals surface area contributed by atoms with E-state index >= 15 is 0 Å². The molecule has 1 aromatic heterocycles. The fourth-order valence-corrected chi connectivity index (χ4v) is 4.58. The quantitative estimate of drug-likeness (QED) is 0.700. The first-order valence-electron chi connectivity index (χ1n) is 6.41. The first kappa shape index (κ1) is 14.3. The second-order valence-corrected chi connectivity index (χ2v) is 7.42. The van der Waals surface area contributed by atoms with E-state index in [4.69, 9.17) is 16.3 Å². The van der Waals surface area contributed by atoms with Crippen LogP contribution < -0.4 is 13.7 Å². The summed E-state index contributed by atoms with van der Waals surface area (Å²) in [6, 6.07) is 11.4. The summed E-state index contributed by atoms with van der Waals surface area (Å²) in [5.41, 5.74) is 2.23. The van der Waals surface area contributed by atoms with Gasteiger partial charge in [-0.2, -0.15) is 0 Å². The molecule has 0 spiro atoms. The van der Waals surface area contributed by atoms with Gasteiger partial charge in [-0.05, 0) is 0 Å². The number of fused-ring (bicyclic) bond motifs is 1. The number of phenolic OH excluding ortho intramolecular Hbond substituents is 1. The number of aryl methyl sites for hydroxylation is 1. The van der Waals surface area contributed by atoms with Crippen LogP contribution in [0.3, 0.4) is 0 Å². The van der Waals surface area contributed by atoms with E-state index in [1.165, 1.54) is 4.46 Å². The Morgan fingerprint density at radius 1 is 1.19 bits per heavy atom. The van der Waals surface area contributed by atoms with Crippen molar-refractivity contribution in [3.63, 3.8) is 0 Å². The zero-order valence-electron chi connectivity index (χ0n) is 11.6. The Kier molecular flexibility index (Phi) is 3.85. The molecule has 2 N–H and O–H groups in total. The Balaban J connectivity index is 2.03. The predicted octanol–water partition coefficient (Wildman–Crippen LogP) is 2.50. The van der Waals surface area contributed by atoms with Crippen LogP contribution in [0.1, 0.15) is 5.69 Å². The molecule has 3 nitrogen and oxygen atoms in total. The number of aromatic amines is 1. The summed E-state index contributed by atoms with van der Waals surface area (Å²) >= 11 is 6.18. The molecule has 0 amide bonds. The molecule has 0 saturated heterocycles. The van der Waals surface area contributed by atoms with Crippen LogP contribution in [0, 0.1) is 6.92 Å². The third-order valence-electron chi connectivity index (χ3n) is 3.26. The van der Waals surface area contributed by atoms with Crippen LogP contribution in [-0.2, 0) is 0 Å². The molecule has 0 atom stereocenters. The number of methoxy groups -OCH3 is 1. The molecular weight excluding hydrogens is 353 g/mol. The van der Waals surface area contributed by atoms with Gasteiger partial charge in [0.1, 0.15) is 0 Å². The van der Waals surface area contributed by atoms with E-state index in [1.54, 1.807) is 19.2 Å². The fourth-order valence-electron chi connectivity index (χ4n) is 2.26. The van der Waals surface area contributed by atoms with Crippen molar-refractivity contribution in [2.75, 3.05) is 7.11 Å². The molecule has 21 heavy (non-hydrogen) atoms. The van der Waals surface area contributed by atoms with Crippen LogP contribution in [0.15, 0.2) is 36.4 Å². The van der Waals surface area contributed by atoms with E-state index in [2.05, 4.69) is 11.9 Å². The van der Waals surface area contributed by atoms with Gasteiger partial charge in [0.05, 0.1) is 0 Å². The van der Waals surface area contributed by atoms with Gasteiger partial charge >= 0.3 is 134 Å². The van der Waals surface area contributed by atoms with Gasteiger partial charge in [-0.15, -0.1) is 0 Å². The van der Waals surface area contributed by atoms with E-state index < -0.39 is 0 Å². The monoisotopic (exact) mass is 367 g/mol. The van der Waals surface area contributed by atoms with Crippen molar-refractivity contribution < 1.29 is 9.84 Å². The van der Waals surface area contributed by atoms with E-state index in [0.717, 1.165) is 26.1 Å². The first-order valence-corrected chi connectivity index (χ1v) is 8.50. The van der Waals surface area contributed by atoms with Gasteiger partial charge in [-0.1, -0.05) is 0 Å². The summed E-state index contributed by atoms with van der Waals surface area (Å²) in [5, 5.41) is 11.8. The van der Waals surface area contributed by atoms with Crippen molar-refractivity contribution in [2.45, 2.75) is 6.92 Å². The molecule has 0 bridgehead atoms. The second kappa shape index (κ2) is 5.64. The molecule has 3 aromatic rings. The van der Waals surface area contributed by atoms with E-state index in [9.17, 15) is 5.11 Å². The normalized spacial score (nSPS) is 11.0. The third kappa shape index (κ3) is 2.75. The van der Waals surface area contributed by atoms with Crippen LogP contribution in [-0.4, -0.2) is 32.2 Å². The summed E-state index contributed by atoms with van der Waals surface area (Å²) in [4.78, 5) is 3.38. The predicted molar refractivity (Wildman–Crippen MR) is 87.7 cm³/mol. The number of hydrogen-bond acceptors (Lipinski definition) is 2. The fraction of sp³-hybridized carbons (Fsp3) is 0.125. The Morgan fingerprint density at radius 2 is 2.00 bits per heavy atom. The minimum atomic E-state index is 0.0801. The summed E-state index contributed by atoms with van der Waals surface area (Å²) in [5.74, 6) is 0.667. The van der Waals surface area contributed by atoms with Crippen LogP contribution >= 0.6 is 11.6 Å². The molecule has 0 aliphatic heterocycles. The van der Waals surface area contributed by atoms with Crippen LogP contribution in [0.2, 0.25) is 5.02 Å². The number of H-pyrrole nitrogens is 1. The molecule has 5 heteroatoms. The zero-order chi connectivity index (χ0) is 15.0. The molecule has 3 rings (SSSR count). The second-order valence-electron chi connectivity index (χ2n) is 4.70. The van der Waals surface area contributed by atoms with E-state index in [0.29, 0.717) is 5.75 Å². The molecule has 0 aliphatic carbocycles. The number of ether oxygens (including phenoxy) is 1. The number of benzene rings is 2. The standard InChI is InChI=1S/C16H14ClNO2Se/c1-9-16(12-7-10(17)3-5-13(12)18-9)21-11-4-6-15(20-2)14(19)8-11/h3-8,18-19H,1-2H3. The van der Waals surface area contributed by atoms with Gasteiger partial charge in [0.15, 0.2) is 0 Å². The van der Waals surface area contributed by atoms with Crippen molar-refractivity contribution in [3.05, 3.63) is 47.1 Å². The maximum atomic E-state index is 9.90. The van der Waals surface area contributed by atoms with Gasteiger partial charge in [-0.25, -0.2) is 0 Å². The van der Waals surface area contributed by atoms with Gasteiger partial charge < -0.3 is 0 Å². The number of aromatic hydroxyl groups is 1. The number of halogens is 1. The van der Waals surface area contributed by atoms with Crippen molar-refractivity contribution in [1.82, 2.24) is 4.98 Å². The van der Waals surface area contributed by atoms with Crippen LogP contribution in [0.4, 0.5) is 0 Å². The summed E-state index contributed by atoms with van der Waals surface area (Å²) in [7, 11) is 1.55. The maximum absolute atomic E-state index is 9.90. The topological polar surface area (TPSA) is 45.2 Å². The van der Waals surface area contributed by atoms with Crippen molar-refractivity contribution in [2.24, 2.45) is 0 Å². The molecule has 2 aromatic carbocycles. The summed E-state index contributed by atoms with van der Waals surface area (Å²) in [6.07, 6.45) is 0. The molecule has 0 fully saturated rings. The molecule has 0 radical (unpaired) electrons. The number of aromatic nitrogens is 1. The molecule has 0 aliphatic rings. The average molecular weight is 367 g/mol. The van der Waals surface area contributed by atoms with Crippen LogP contribution in [0.25, 0.3) is 10.9 Å². The SMILES string of the molecule is COc1ccc([Se]c2c(C)[nH]c3ccc(Cl)cc23)cc1O. The first-order chi connectivity index (χ1) is 10.1. The Bertz CT molecular complexity index is 813. The molecule has 0 unspecified atom stereocenters. The molecule has 0 saturated carbocycles. The van der Waals surface area contributed by atoms with Crippen molar-refractivity contribution in [3.8, 4) is 11.5 Å².